The molecular weight excluding hydrogens is 299 g/mol. The molecule has 1 rings (SSSR count). The molecular formula is C14H15FO7. The maximum absolute atomic E-state index is 13.2. The minimum absolute atomic E-state index is 0.0554. The summed E-state index contributed by atoms with van der Waals surface area (Å²) in [6.45, 7) is 3.26. The number of carbonyl (C=O) groups excluding carboxylic acids is 3. The van der Waals surface area contributed by atoms with Gasteiger partial charge < -0.3 is 18.9 Å². The Morgan fingerprint density at radius 2 is 1.68 bits per heavy atom. The van der Waals surface area contributed by atoms with E-state index < -0.39 is 30.5 Å². The average molecular weight is 314 g/mol. The first-order valence-electron chi connectivity index (χ1n) is 6.46. The Morgan fingerprint density at radius 3 is 2.32 bits per heavy atom. The Balaban J connectivity index is 2.79. The van der Waals surface area contributed by atoms with Crippen molar-refractivity contribution in [2.45, 2.75) is 20.3 Å². The van der Waals surface area contributed by atoms with Crippen LogP contribution in [0.15, 0.2) is 18.2 Å². The van der Waals surface area contributed by atoms with Crippen LogP contribution in [0.3, 0.4) is 0 Å². The number of rotatable bonds is 5. The molecule has 0 heterocycles. The first-order chi connectivity index (χ1) is 10.5. The molecule has 120 valence electrons. The van der Waals surface area contributed by atoms with Gasteiger partial charge in [-0.05, 0) is 19.9 Å². The molecule has 1 aromatic carbocycles. The second-order valence-corrected chi connectivity index (χ2v) is 3.87. The van der Waals surface area contributed by atoms with E-state index in [1.54, 1.807) is 13.8 Å². The van der Waals surface area contributed by atoms with Crippen LogP contribution in [0.4, 0.5) is 14.0 Å². The van der Waals surface area contributed by atoms with E-state index in [4.69, 9.17) is 4.74 Å². The maximum Gasteiger partial charge on any atom is 0.516 e. The monoisotopic (exact) mass is 314 g/mol. The fourth-order valence-corrected chi connectivity index (χ4v) is 1.44. The highest BCUT2D eigenvalue weighted by Gasteiger charge is 2.17. The number of ether oxygens (including phenoxy) is 4. The number of hydrogen-bond acceptors (Lipinski definition) is 7. The Morgan fingerprint density at radius 1 is 1.05 bits per heavy atom. The van der Waals surface area contributed by atoms with Crippen molar-refractivity contribution in [1.29, 1.82) is 0 Å². The van der Waals surface area contributed by atoms with Crippen LogP contribution in [0.2, 0.25) is 0 Å². The SMILES string of the molecule is CCOC(=O)OC(=O)Cc1ccc(F)cc1OC(=O)OCC. The smallest absolute Gasteiger partial charge is 0.434 e. The van der Waals surface area contributed by atoms with Crippen molar-refractivity contribution in [3.05, 3.63) is 29.6 Å². The quantitative estimate of drug-likeness (QED) is 0.469. The first kappa shape index (κ1) is 17.4. The van der Waals surface area contributed by atoms with Crippen LogP contribution in [-0.2, 0) is 25.4 Å². The van der Waals surface area contributed by atoms with Crippen molar-refractivity contribution in [2.24, 2.45) is 0 Å². The highest BCUT2D eigenvalue weighted by Crippen LogP contribution is 2.21. The first-order valence-corrected chi connectivity index (χ1v) is 6.46. The molecule has 0 atom stereocenters. The Bertz CT molecular complexity index is 556. The third kappa shape index (κ3) is 5.78. The van der Waals surface area contributed by atoms with Crippen LogP contribution in [0.1, 0.15) is 19.4 Å². The minimum atomic E-state index is -1.14. The van der Waals surface area contributed by atoms with Crippen molar-refractivity contribution in [3.63, 3.8) is 0 Å². The third-order valence-electron chi connectivity index (χ3n) is 2.28. The summed E-state index contributed by atoms with van der Waals surface area (Å²) in [5, 5.41) is 0. The van der Waals surface area contributed by atoms with E-state index in [0.29, 0.717) is 0 Å². The van der Waals surface area contributed by atoms with Crippen LogP contribution in [0, 0.1) is 5.82 Å². The molecule has 0 amide bonds. The molecule has 0 bridgehead atoms. The largest absolute Gasteiger partial charge is 0.516 e. The van der Waals surface area contributed by atoms with Gasteiger partial charge in [0.05, 0.1) is 19.6 Å². The van der Waals surface area contributed by atoms with Crippen molar-refractivity contribution in [1.82, 2.24) is 0 Å². The Labute approximate surface area is 125 Å². The van der Waals surface area contributed by atoms with Gasteiger partial charge in [-0.25, -0.2) is 14.0 Å². The molecule has 22 heavy (non-hydrogen) atoms. The standard InChI is InChI=1S/C14H15FO7/c1-3-19-13(17)21-11-8-10(15)6-5-9(11)7-12(16)22-14(18)20-4-2/h5-6,8H,3-4,7H2,1-2H3. The fraction of sp³-hybridized carbons (Fsp3) is 0.357. The van der Waals surface area contributed by atoms with E-state index in [0.717, 1.165) is 12.1 Å². The highest BCUT2D eigenvalue weighted by molar-refractivity contribution is 5.84. The van der Waals surface area contributed by atoms with Gasteiger partial charge in [0.25, 0.3) is 0 Å². The van der Waals surface area contributed by atoms with Gasteiger partial charge in [0.1, 0.15) is 11.6 Å². The second kappa shape index (κ2) is 8.60. The highest BCUT2D eigenvalue weighted by atomic mass is 19.1. The minimum Gasteiger partial charge on any atom is -0.434 e. The summed E-state index contributed by atoms with van der Waals surface area (Å²) in [6.07, 6.45) is -2.58. The summed E-state index contributed by atoms with van der Waals surface area (Å²) < 4.78 is 31.4. The van der Waals surface area contributed by atoms with E-state index in [1.165, 1.54) is 6.07 Å². The van der Waals surface area contributed by atoms with Crippen molar-refractivity contribution < 1.29 is 37.7 Å². The summed E-state index contributed by atoms with van der Waals surface area (Å²) in [4.78, 5) is 33.8. The average Bonchev–Trinajstić information content (AvgIpc) is 2.42. The molecule has 1 aromatic rings. The summed E-state index contributed by atoms with van der Waals surface area (Å²) in [7, 11) is 0. The lowest BCUT2D eigenvalue weighted by Crippen LogP contribution is -2.17. The lowest BCUT2D eigenvalue weighted by molar-refractivity contribution is -0.139. The molecule has 0 spiro atoms. The summed E-state index contributed by atoms with van der Waals surface area (Å²) in [5.41, 5.74) is 0.156. The molecule has 0 aliphatic rings. The van der Waals surface area contributed by atoms with E-state index in [9.17, 15) is 18.8 Å². The van der Waals surface area contributed by atoms with E-state index in [-0.39, 0.29) is 24.5 Å². The zero-order chi connectivity index (χ0) is 16.5. The molecule has 0 saturated carbocycles. The third-order valence-corrected chi connectivity index (χ3v) is 2.28. The Hall–Kier alpha value is -2.64. The molecule has 0 saturated heterocycles. The molecule has 8 heteroatoms. The zero-order valence-corrected chi connectivity index (χ0v) is 12.1. The van der Waals surface area contributed by atoms with Gasteiger partial charge in [0, 0.05) is 11.6 Å². The predicted octanol–water partition coefficient (Wildman–Crippen LogP) is 2.60. The fourth-order valence-electron chi connectivity index (χ4n) is 1.44. The topological polar surface area (TPSA) is 88.1 Å². The summed E-state index contributed by atoms with van der Waals surface area (Å²) in [5.74, 6) is -1.79. The van der Waals surface area contributed by atoms with E-state index in [2.05, 4.69) is 14.2 Å². The summed E-state index contributed by atoms with van der Waals surface area (Å²) in [6, 6.07) is 3.23. The molecule has 7 nitrogen and oxygen atoms in total. The van der Waals surface area contributed by atoms with E-state index in [1.807, 2.05) is 0 Å². The van der Waals surface area contributed by atoms with Gasteiger partial charge in [-0.2, -0.15) is 0 Å². The van der Waals surface area contributed by atoms with E-state index >= 15 is 0 Å². The molecule has 0 N–H and O–H groups in total. The van der Waals surface area contributed by atoms with Crippen molar-refractivity contribution >= 4 is 18.3 Å². The molecule has 0 aliphatic heterocycles. The van der Waals surface area contributed by atoms with Gasteiger partial charge in [-0.1, -0.05) is 6.07 Å². The summed E-state index contributed by atoms with van der Waals surface area (Å²) >= 11 is 0. The predicted molar refractivity (Wildman–Crippen MR) is 70.9 cm³/mol. The van der Waals surface area contributed by atoms with Crippen LogP contribution >= 0.6 is 0 Å². The van der Waals surface area contributed by atoms with Crippen LogP contribution < -0.4 is 4.74 Å². The van der Waals surface area contributed by atoms with Gasteiger partial charge in [0.15, 0.2) is 0 Å². The van der Waals surface area contributed by atoms with Crippen LogP contribution in [-0.4, -0.2) is 31.5 Å². The molecule has 0 aliphatic carbocycles. The number of esters is 1. The lowest BCUT2D eigenvalue weighted by Gasteiger charge is -2.09. The number of carbonyl (C=O) groups is 3. The van der Waals surface area contributed by atoms with Crippen LogP contribution in [0.5, 0.6) is 5.75 Å². The normalized spacial score (nSPS) is 9.77. The number of benzene rings is 1. The maximum atomic E-state index is 13.2. The van der Waals surface area contributed by atoms with Gasteiger partial charge >= 0.3 is 18.3 Å². The van der Waals surface area contributed by atoms with Crippen molar-refractivity contribution in [2.75, 3.05) is 13.2 Å². The Kier molecular flexibility index (Phi) is 6.81. The van der Waals surface area contributed by atoms with Gasteiger partial charge in [-0.15, -0.1) is 0 Å². The van der Waals surface area contributed by atoms with Gasteiger partial charge in [0.2, 0.25) is 0 Å². The molecule has 0 radical (unpaired) electrons. The molecule has 0 fully saturated rings. The number of halogens is 1. The lowest BCUT2D eigenvalue weighted by atomic mass is 10.1. The number of hydrogen-bond donors (Lipinski definition) is 0. The zero-order valence-electron chi connectivity index (χ0n) is 12.1. The van der Waals surface area contributed by atoms with Crippen molar-refractivity contribution in [3.8, 4) is 5.75 Å². The molecule has 0 unspecified atom stereocenters. The van der Waals surface area contributed by atoms with Crippen LogP contribution in [0.25, 0.3) is 0 Å². The molecule has 0 aromatic heterocycles. The van der Waals surface area contributed by atoms with Gasteiger partial charge in [-0.3, -0.25) is 4.79 Å². The second-order valence-electron chi connectivity index (χ2n) is 3.87.